The van der Waals surface area contributed by atoms with Crippen molar-refractivity contribution in [1.82, 2.24) is 15.5 Å². The number of guanidine groups is 1. The molecule has 0 bridgehead atoms. The molecular formula is C23H31N5O. The van der Waals surface area contributed by atoms with Crippen LogP contribution in [0.2, 0.25) is 0 Å². The number of likely N-dealkylation sites (tertiary alicyclic amines) is 1. The van der Waals surface area contributed by atoms with E-state index in [9.17, 15) is 4.79 Å². The lowest BCUT2D eigenvalue weighted by atomic mass is 10.1. The maximum Gasteiger partial charge on any atom is 0.321 e. The van der Waals surface area contributed by atoms with Crippen molar-refractivity contribution < 1.29 is 4.79 Å². The Labute approximate surface area is 173 Å². The number of amides is 2. The molecule has 2 amide bonds. The van der Waals surface area contributed by atoms with Gasteiger partial charge in [-0.05, 0) is 49.9 Å². The van der Waals surface area contributed by atoms with Crippen LogP contribution in [0.1, 0.15) is 43.9 Å². The summed E-state index contributed by atoms with van der Waals surface area (Å²) in [4.78, 5) is 18.9. The van der Waals surface area contributed by atoms with E-state index in [4.69, 9.17) is 4.99 Å². The SMILES string of the molecule is CCNC(=NCc1cccc(NC(=O)N2CCCC2)c1)NC(C)c1ccccc1. The summed E-state index contributed by atoms with van der Waals surface area (Å²) < 4.78 is 0. The molecule has 0 aliphatic carbocycles. The topological polar surface area (TPSA) is 68.8 Å². The molecule has 1 fully saturated rings. The maximum absolute atomic E-state index is 12.3. The highest BCUT2D eigenvalue weighted by atomic mass is 16.2. The summed E-state index contributed by atoms with van der Waals surface area (Å²) in [6.45, 7) is 7.18. The highest BCUT2D eigenvalue weighted by Crippen LogP contribution is 2.15. The van der Waals surface area contributed by atoms with Crippen molar-refractivity contribution in [2.75, 3.05) is 25.0 Å². The molecule has 154 valence electrons. The van der Waals surface area contributed by atoms with Crippen LogP contribution < -0.4 is 16.0 Å². The number of hydrogen-bond acceptors (Lipinski definition) is 2. The minimum Gasteiger partial charge on any atom is -0.357 e. The Hall–Kier alpha value is -3.02. The smallest absolute Gasteiger partial charge is 0.321 e. The van der Waals surface area contributed by atoms with Crippen molar-refractivity contribution in [3.05, 3.63) is 65.7 Å². The molecule has 1 saturated heterocycles. The molecule has 6 nitrogen and oxygen atoms in total. The molecule has 2 aromatic carbocycles. The quantitative estimate of drug-likeness (QED) is 0.511. The first-order chi connectivity index (χ1) is 14.2. The molecule has 0 spiro atoms. The van der Waals surface area contributed by atoms with Crippen LogP contribution in [0, 0.1) is 0 Å². The lowest BCUT2D eigenvalue weighted by Crippen LogP contribution is -2.38. The number of carbonyl (C=O) groups is 1. The Morgan fingerprint density at radius 2 is 1.86 bits per heavy atom. The minimum absolute atomic E-state index is 0.0187. The van der Waals surface area contributed by atoms with Crippen LogP contribution in [0.25, 0.3) is 0 Å². The summed E-state index contributed by atoms with van der Waals surface area (Å²) in [7, 11) is 0. The summed E-state index contributed by atoms with van der Waals surface area (Å²) in [5.41, 5.74) is 3.07. The van der Waals surface area contributed by atoms with Crippen LogP contribution in [0.5, 0.6) is 0 Å². The molecule has 1 heterocycles. The van der Waals surface area contributed by atoms with Gasteiger partial charge in [0, 0.05) is 25.3 Å². The Morgan fingerprint density at radius 3 is 2.59 bits per heavy atom. The fraction of sp³-hybridized carbons (Fsp3) is 0.391. The molecular weight excluding hydrogens is 362 g/mol. The largest absolute Gasteiger partial charge is 0.357 e. The predicted octanol–water partition coefficient (Wildman–Crippen LogP) is 4.13. The van der Waals surface area contributed by atoms with Gasteiger partial charge < -0.3 is 20.9 Å². The average Bonchev–Trinajstić information content (AvgIpc) is 3.28. The zero-order valence-corrected chi connectivity index (χ0v) is 17.3. The summed E-state index contributed by atoms with van der Waals surface area (Å²) >= 11 is 0. The molecule has 6 heteroatoms. The van der Waals surface area contributed by atoms with E-state index in [1.54, 1.807) is 0 Å². The molecule has 0 saturated carbocycles. The van der Waals surface area contributed by atoms with E-state index < -0.39 is 0 Å². The van der Waals surface area contributed by atoms with Gasteiger partial charge in [0.15, 0.2) is 5.96 Å². The van der Waals surface area contributed by atoms with Crippen LogP contribution in [-0.2, 0) is 6.54 Å². The van der Waals surface area contributed by atoms with Crippen molar-refractivity contribution in [2.45, 2.75) is 39.3 Å². The number of carbonyl (C=O) groups excluding carboxylic acids is 1. The van der Waals surface area contributed by atoms with Crippen LogP contribution in [0.15, 0.2) is 59.6 Å². The second-order valence-corrected chi connectivity index (χ2v) is 7.30. The normalized spacial score (nSPS) is 15.1. The van der Waals surface area contributed by atoms with E-state index in [-0.39, 0.29) is 12.1 Å². The second-order valence-electron chi connectivity index (χ2n) is 7.30. The fourth-order valence-electron chi connectivity index (χ4n) is 3.39. The summed E-state index contributed by atoms with van der Waals surface area (Å²) in [6, 6.07) is 18.3. The van der Waals surface area contributed by atoms with Crippen LogP contribution >= 0.6 is 0 Å². The van der Waals surface area contributed by atoms with E-state index in [1.165, 1.54) is 5.56 Å². The third kappa shape index (κ3) is 6.24. The number of hydrogen-bond donors (Lipinski definition) is 3. The Bertz CT molecular complexity index is 815. The first-order valence-corrected chi connectivity index (χ1v) is 10.4. The number of nitrogens with zero attached hydrogens (tertiary/aromatic N) is 2. The molecule has 3 N–H and O–H groups in total. The second kappa shape index (κ2) is 10.5. The van der Waals surface area contributed by atoms with E-state index in [1.807, 2.05) is 47.4 Å². The molecule has 2 aromatic rings. The Balaban J connectivity index is 1.62. The number of anilines is 1. The van der Waals surface area contributed by atoms with Gasteiger partial charge in [-0.25, -0.2) is 9.79 Å². The molecule has 0 radical (unpaired) electrons. The summed E-state index contributed by atoms with van der Waals surface area (Å²) in [5.74, 6) is 0.773. The van der Waals surface area contributed by atoms with Gasteiger partial charge in [0.2, 0.25) is 0 Å². The number of urea groups is 1. The molecule has 3 rings (SSSR count). The van der Waals surface area contributed by atoms with E-state index in [2.05, 4.69) is 41.9 Å². The molecule has 1 unspecified atom stereocenters. The number of aliphatic imine (C=N–C) groups is 1. The first kappa shape index (κ1) is 20.7. The van der Waals surface area contributed by atoms with Gasteiger partial charge in [0.25, 0.3) is 0 Å². The van der Waals surface area contributed by atoms with E-state index >= 15 is 0 Å². The van der Waals surface area contributed by atoms with Crippen LogP contribution in [0.3, 0.4) is 0 Å². The van der Waals surface area contributed by atoms with Crippen molar-refractivity contribution in [1.29, 1.82) is 0 Å². The molecule has 1 atom stereocenters. The highest BCUT2D eigenvalue weighted by Gasteiger charge is 2.17. The molecule has 1 aliphatic rings. The highest BCUT2D eigenvalue weighted by molar-refractivity contribution is 5.89. The predicted molar refractivity (Wildman–Crippen MR) is 119 cm³/mol. The van der Waals surface area contributed by atoms with Crippen molar-refractivity contribution in [3.8, 4) is 0 Å². The fourth-order valence-corrected chi connectivity index (χ4v) is 3.39. The number of benzene rings is 2. The Morgan fingerprint density at radius 1 is 1.10 bits per heavy atom. The third-order valence-corrected chi connectivity index (χ3v) is 4.99. The van der Waals surface area contributed by atoms with Gasteiger partial charge in [0.05, 0.1) is 12.6 Å². The number of nitrogens with one attached hydrogen (secondary N) is 3. The van der Waals surface area contributed by atoms with Crippen molar-refractivity contribution in [3.63, 3.8) is 0 Å². The summed E-state index contributed by atoms with van der Waals surface area (Å²) in [6.07, 6.45) is 2.17. The van der Waals surface area contributed by atoms with Crippen molar-refractivity contribution in [2.24, 2.45) is 4.99 Å². The zero-order chi connectivity index (χ0) is 20.5. The third-order valence-electron chi connectivity index (χ3n) is 4.99. The summed E-state index contributed by atoms with van der Waals surface area (Å²) in [5, 5.41) is 9.75. The van der Waals surface area contributed by atoms with Gasteiger partial charge in [-0.2, -0.15) is 0 Å². The van der Waals surface area contributed by atoms with Gasteiger partial charge in [-0.3, -0.25) is 0 Å². The maximum atomic E-state index is 12.3. The lowest BCUT2D eigenvalue weighted by Gasteiger charge is -2.18. The molecule has 29 heavy (non-hydrogen) atoms. The Kier molecular flexibility index (Phi) is 7.50. The lowest BCUT2D eigenvalue weighted by molar-refractivity contribution is 0.222. The van der Waals surface area contributed by atoms with Crippen molar-refractivity contribution >= 4 is 17.7 Å². The van der Waals surface area contributed by atoms with E-state index in [0.29, 0.717) is 6.54 Å². The minimum atomic E-state index is -0.0187. The van der Waals surface area contributed by atoms with Crippen LogP contribution in [-0.4, -0.2) is 36.5 Å². The molecule has 1 aliphatic heterocycles. The van der Waals surface area contributed by atoms with Crippen LogP contribution in [0.4, 0.5) is 10.5 Å². The van der Waals surface area contributed by atoms with Gasteiger partial charge in [0.1, 0.15) is 0 Å². The first-order valence-electron chi connectivity index (χ1n) is 10.4. The number of rotatable bonds is 6. The zero-order valence-electron chi connectivity index (χ0n) is 17.3. The standard InChI is InChI=1S/C23H31N5O/c1-3-24-22(26-18(2)20-11-5-4-6-12-20)25-17-19-10-9-13-21(16-19)27-23(29)28-14-7-8-15-28/h4-6,9-13,16,18H,3,7-8,14-15,17H2,1-2H3,(H,27,29)(H2,24,25,26). The van der Waals surface area contributed by atoms with E-state index in [0.717, 1.165) is 49.7 Å². The van der Waals surface area contributed by atoms with Gasteiger partial charge >= 0.3 is 6.03 Å². The average molecular weight is 394 g/mol. The monoisotopic (exact) mass is 393 g/mol. The molecule has 0 aromatic heterocycles. The van der Waals surface area contributed by atoms with Gasteiger partial charge in [-0.15, -0.1) is 0 Å². The van der Waals surface area contributed by atoms with Gasteiger partial charge in [-0.1, -0.05) is 42.5 Å².